The lowest BCUT2D eigenvalue weighted by Gasteiger charge is -2.28. The molecule has 0 aromatic rings. The number of carbonyl (C=O) groups is 11. The Bertz CT molecular complexity index is 1720. The van der Waals surface area contributed by atoms with Gasteiger partial charge in [0.25, 0.3) is 0 Å². The quantitative estimate of drug-likeness (QED) is 0.0293. The second-order valence-corrected chi connectivity index (χ2v) is 19.3. The molecule has 0 heterocycles. The van der Waals surface area contributed by atoms with Gasteiger partial charge in [0.15, 0.2) is 5.78 Å². The molecule has 0 spiro atoms. The summed E-state index contributed by atoms with van der Waals surface area (Å²) in [4.78, 5) is 136. The van der Waals surface area contributed by atoms with Crippen molar-refractivity contribution >= 4 is 77.4 Å². The first-order chi connectivity index (χ1) is 33.8. The van der Waals surface area contributed by atoms with Gasteiger partial charge in [-0.3, -0.25) is 38.4 Å². The lowest BCUT2D eigenvalue weighted by molar-refractivity contribution is -0.140. The minimum atomic E-state index is -1.39. The van der Waals surface area contributed by atoms with Crippen LogP contribution >= 0.6 is 12.6 Å². The number of nitrogens with one attached hydrogen (secondary N) is 6. The first-order valence-corrected chi connectivity index (χ1v) is 26.4. The van der Waals surface area contributed by atoms with Crippen LogP contribution in [0, 0.1) is 23.7 Å². The van der Waals surface area contributed by atoms with E-state index in [1.165, 1.54) is 6.92 Å². The Hall–Kier alpha value is -4.92. The standard InChI is InChI=1S/C50H84N6O14S/c1-4-14-40(48(66)67)55-50(70)56-41(49(68)69)24-25-44(61)53-31-34-19-21-35(22-20-34)47(65)52-28-12-7-8-15-38(58)29-36(23-26-46(63)64)43(60)30-37(32-71)42(59)17-9-5-6-10-18-45(62)54-39(33(2)57)16-11-13-27-51-3/h34-37,39-41,51,71H,4-32H2,1-3H3,(H,52,65)(H,53,61)(H,54,62)(H,63,64)(H,66,67)(H,68,69)(H2,55,56,70). The summed E-state index contributed by atoms with van der Waals surface area (Å²) >= 11 is 4.32. The van der Waals surface area contributed by atoms with Gasteiger partial charge in [-0.2, -0.15) is 12.6 Å². The third-order valence-electron chi connectivity index (χ3n) is 13.0. The van der Waals surface area contributed by atoms with Gasteiger partial charge in [0.05, 0.1) is 6.04 Å². The highest BCUT2D eigenvalue weighted by molar-refractivity contribution is 7.80. The number of thiol groups is 1. The maximum atomic E-state index is 13.4. The lowest BCUT2D eigenvalue weighted by Crippen LogP contribution is -2.51. The van der Waals surface area contributed by atoms with Crippen molar-refractivity contribution in [1.29, 1.82) is 0 Å². The summed E-state index contributed by atoms with van der Waals surface area (Å²) in [6.07, 6.45) is 9.90. The molecule has 0 aromatic carbocycles. The van der Waals surface area contributed by atoms with Gasteiger partial charge in [0.1, 0.15) is 29.4 Å². The zero-order chi connectivity index (χ0) is 53.1. The Labute approximate surface area is 424 Å². The Balaban J connectivity index is 2.39. The number of unbranched alkanes of at least 4 members (excludes halogenated alkanes) is 6. The minimum absolute atomic E-state index is 0.0121. The molecule has 1 rings (SSSR count). The number of ketones is 4. The van der Waals surface area contributed by atoms with E-state index in [0.717, 1.165) is 25.8 Å². The van der Waals surface area contributed by atoms with Gasteiger partial charge in [-0.25, -0.2) is 14.4 Å². The summed E-state index contributed by atoms with van der Waals surface area (Å²) in [6.45, 7) is 4.85. The number of Topliss-reactive ketones (excluding diaryl/α,β-unsaturated/α-hetero) is 4. The number of carbonyl (C=O) groups excluding carboxylic acids is 8. The van der Waals surface area contributed by atoms with Crippen molar-refractivity contribution in [2.75, 3.05) is 32.4 Å². The molecule has 0 aliphatic heterocycles. The number of carboxylic acid groups (broad SMARTS) is 3. The predicted molar refractivity (Wildman–Crippen MR) is 269 cm³/mol. The molecule has 0 radical (unpaired) electrons. The van der Waals surface area contributed by atoms with Crippen LogP contribution < -0.4 is 31.9 Å². The Morgan fingerprint density at radius 3 is 1.76 bits per heavy atom. The van der Waals surface area contributed by atoms with E-state index >= 15 is 0 Å². The van der Waals surface area contributed by atoms with Gasteiger partial charge in [0, 0.05) is 81.5 Å². The summed E-state index contributed by atoms with van der Waals surface area (Å²) in [5.41, 5.74) is 0. The van der Waals surface area contributed by atoms with E-state index in [9.17, 15) is 68.1 Å². The van der Waals surface area contributed by atoms with Crippen LogP contribution in [0.5, 0.6) is 0 Å². The third kappa shape index (κ3) is 29.9. The number of amides is 5. The predicted octanol–water partition coefficient (Wildman–Crippen LogP) is 4.69. The van der Waals surface area contributed by atoms with E-state index in [1.54, 1.807) is 6.92 Å². The van der Waals surface area contributed by atoms with E-state index in [-0.39, 0.29) is 117 Å². The van der Waals surface area contributed by atoms with Crippen LogP contribution in [-0.4, -0.2) is 131 Å². The Morgan fingerprint density at radius 2 is 1.17 bits per heavy atom. The van der Waals surface area contributed by atoms with Crippen molar-refractivity contribution in [3.63, 3.8) is 0 Å². The van der Waals surface area contributed by atoms with E-state index in [4.69, 9.17) is 0 Å². The van der Waals surface area contributed by atoms with E-state index in [2.05, 4.69) is 44.5 Å². The van der Waals surface area contributed by atoms with E-state index in [1.807, 2.05) is 7.05 Å². The van der Waals surface area contributed by atoms with Gasteiger partial charge in [-0.15, -0.1) is 0 Å². The molecule has 9 N–H and O–H groups in total. The lowest BCUT2D eigenvalue weighted by atomic mass is 9.81. The van der Waals surface area contributed by atoms with Crippen LogP contribution in [0.25, 0.3) is 0 Å². The normalized spacial score (nSPS) is 16.5. The molecule has 1 saturated carbocycles. The first-order valence-electron chi connectivity index (χ1n) is 25.7. The van der Waals surface area contributed by atoms with Gasteiger partial charge in [0.2, 0.25) is 17.7 Å². The molecule has 1 aliphatic carbocycles. The summed E-state index contributed by atoms with van der Waals surface area (Å²) in [6, 6.07) is -3.99. The summed E-state index contributed by atoms with van der Waals surface area (Å²) in [5, 5.41) is 44.1. The molecule has 5 atom stereocenters. The zero-order valence-corrected chi connectivity index (χ0v) is 43.2. The zero-order valence-electron chi connectivity index (χ0n) is 42.3. The largest absolute Gasteiger partial charge is 0.481 e. The molecule has 71 heavy (non-hydrogen) atoms. The second-order valence-electron chi connectivity index (χ2n) is 19.0. The van der Waals surface area contributed by atoms with Crippen molar-refractivity contribution in [3.05, 3.63) is 0 Å². The fourth-order valence-corrected chi connectivity index (χ4v) is 8.90. The molecule has 5 amide bonds. The maximum absolute atomic E-state index is 13.4. The summed E-state index contributed by atoms with van der Waals surface area (Å²) in [7, 11) is 1.86. The number of urea groups is 1. The first kappa shape index (κ1) is 64.1. The highest BCUT2D eigenvalue weighted by atomic mass is 32.1. The molecule has 0 saturated heterocycles. The number of carboxylic acids is 3. The topological polar surface area (TPSA) is 321 Å². The molecule has 21 heteroatoms. The number of hydrogen-bond acceptors (Lipinski definition) is 13. The molecule has 404 valence electrons. The number of hydrogen-bond donors (Lipinski definition) is 10. The van der Waals surface area contributed by atoms with Crippen LogP contribution in [-0.2, 0) is 47.9 Å². The average Bonchev–Trinajstić information content (AvgIpc) is 3.32. The highest BCUT2D eigenvalue weighted by Gasteiger charge is 2.30. The van der Waals surface area contributed by atoms with Crippen LogP contribution in [0.2, 0.25) is 0 Å². The second kappa shape index (κ2) is 37.8. The van der Waals surface area contributed by atoms with Gasteiger partial charge < -0.3 is 47.2 Å². The van der Waals surface area contributed by atoms with Crippen molar-refractivity contribution in [3.8, 4) is 0 Å². The summed E-state index contributed by atoms with van der Waals surface area (Å²) < 4.78 is 0. The highest BCUT2D eigenvalue weighted by Crippen LogP contribution is 2.29. The van der Waals surface area contributed by atoms with E-state index in [0.29, 0.717) is 90.1 Å². The van der Waals surface area contributed by atoms with Crippen LogP contribution in [0.3, 0.4) is 0 Å². The van der Waals surface area contributed by atoms with Crippen molar-refractivity contribution < 1.29 is 68.1 Å². The molecule has 0 aromatic heterocycles. The van der Waals surface area contributed by atoms with Gasteiger partial charge >= 0.3 is 23.9 Å². The SMILES string of the molecule is CCCC(NC(=O)NC(CCC(=O)NCC1CCC(C(=O)NCCCCCC(=O)CC(CCC(=O)O)C(=O)CC(CS)C(=O)CCCCCCC(=O)NC(CCCCNC)C(C)=O)CC1)C(=O)O)C(=O)O. The number of aliphatic carboxylic acids is 3. The molecule has 20 nitrogen and oxygen atoms in total. The Kier molecular flexibility index (Phi) is 34.1. The molecular weight excluding hydrogens is 941 g/mol. The monoisotopic (exact) mass is 1020 g/mol. The average molecular weight is 1030 g/mol. The maximum Gasteiger partial charge on any atom is 0.326 e. The van der Waals surface area contributed by atoms with E-state index < -0.39 is 59.8 Å². The Morgan fingerprint density at radius 1 is 0.563 bits per heavy atom. The summed E-state index contributed by atoms with van der Waals surface area (Å²) in [5.74, 6) is -6.39. The third-order valence-corrected chi connectivity index (χ3v) is 13.5. The fourth-order valence-electron chi connectivity index (χ4n) is 8.57. The van der Waals surface area contributed by atoms with Crippen LogP contribution in [0.1, 0.15) is 174 Å². The molecule has 5 unspecified atom stereocenters. The van der Waals surface area contributed by atoms with Gasteiger partial charge in [-0.1, -0.05) is 32.6 Å². The fraction of sp³-hybridized carbons (Fsp3) is 0.780. The molecule has 1 aliphatic rings. The van der Waals surface area contributed by atoms with Crippen LogP contribution in [0.4, 0.5) is 4.79 Å². The smallest absolute Gasteiger partial charge is 0.326 e. The van der Waals surface area contributed by atoms with Crippen molar-refractivity contribution in [1.82, 2.24) is 31.9 Å². The molecule has 0 bridgehead atoms. The molecule has 1 fully saturated rings. The van der Waals surface area contributed by atoms with Crippen molar-refractivity contribution in [2.45, 2.75) is 192 Å². The number of rotatable bonds is 42. The van der Waals surface area contributed by atoms with Crippen molar-refractivity contribution in [2.24, 2.45) is 23.7 Å². The minimum Gasteiger partial charge on any atom is -0.481 e. The van der Waals surface area contributed by atoms with Crippen LogP contribution in [0.15, 0.2) is 0 Å². The molecular formula is C50H84N6O14S. The van der Waals surface area contributed by atoms with Gasteiger partial charge in [-0.05, 0) is 116 Å².